The Bertz CT molecular complexity index is 510. The Balaban J connectivity index is 2.37. The summed E-state index contributed by atoms with van der Waals surface area (Å²) in [7, 11) is 0. The lowest BCUT2D eigenvalue weighted by Crippen LogP contribution is -2.11. The molecule has 0 radical (unpaired) electrons. The molecule has 1 unspecified atom stereocenters. The second-order valence-corrected chi connectivity index (χ2v) is 5.84. The zero-order valence-corrected chi connectivity index (χ0v) is 12.8. The Labute approximate surface area is 119 Å². The fourth-order valence-electron chi connectivity index (χ4n) is 1.40. The van der Waals surface area contributed by atoms with E-state index in [-0.39, 0.29) is 6.04 Å². The Kier molecular flexibility index (Phi) is 3.89. The molecule has 5 heteroatoms. The first-order valence-electron chi connectivity index (χ1n) is 4.53. The van der Waals surface area contributed by atoms with Crippen molar-refractivity contribution in [1.29, 1.82) is 0 Å². The highest BCUT2D eigenvalue weighted by atomic mass is 79.9. The van der Waals surface area contributed by atoms with Gasteiger partial charge >= 0.3 is 0 Å². The Morgan fingerprint density at radius 3 is 2.38 bits per heavy atom. The molecule has 0 spiro atoms. The van der Waals surface area contributed by atoms with Gasteiger partial charge in [0, 0.05) is 8.95 Å². The van der Waals surface area contributed by atoms with E-state index in [9.17, 15) is 0 Å². The first-order chi connectivity index (χ1) is 7.58. The molecule has 0 amide bonds. The molecule has 0 aliphatic rings. The van der Waals surface area contributed by atoms with Gasteiger partial charge in [-0.15, -0.1) is 0 Å². The van der Waals surface area contributed by atoms with Crippen molar-refractivity contribution in [2.24, 2.45) is 5.73 Å². The van der Waals surface area contributed by atoms with Gasteiger partial charge in [0.15, 0.2) is 4.67 Å². The molecule has 84 valence electrons. The fourth-order valence-corrected chi connectivity index (χ4v) is 3.02. The summed E-state index contributed by atoms with van der Waals surface area (Å²) in [5.74, 6) is 0.731. The minimum Gasteiger partial charge on any atom is -0.452 e. The molecule has 2 rings (SSSR count). The molecule has 1 aromatic carbocycles. The molecule has 0 saturated heterocycles. The van der Waals surface area contributed by atoms with Crippen LogP contribution in [0.2, 0.25) is 0 Å². The van der Waals surface area contributed by atoms with E-state index in [2.05, 4.69) is 47.8 Å². The lowest BCUT2D eigenvalue weighted by Gasteiger charge is -2.11. The van der Waals surface area contributed by atoms with E-state index < -0.39 is 0 Å². The summed E-state index contributed by atoms with van der Waals surface area (Å²) in [6.07, 6.45) is 0. The normalized spacial score (nSPS) is 12.8. The summed E-state index contributed by atoms with van der Waals surface area (Å²) in [5, 5.41) is 0. The van der Waals surface area contributed by atoms with Crippen molar-refractivity contribution in [3.8, 4) is 0 Å². The molecule has 1 aromatic heterocycles. The maximum atomic E-state index is 6.12. The minimum atomic E-state index is -0.270. The van der Waals surface area contributed by atoms with Crippen LogP contribution in [0.3, 0.4) is 0 Å². The number of furan rings is 1. The summed E-state index contributed by atoms with van der Waals surface area (Å²) < 4.78 is 8.10. The summed E-state index contributed by atoms with van der Waals surface area (Å²) in [6, 6.07) is 9.32. The number of benzene rings is 1. The van der Waals surface area contributed by atoms with Crippen molar-refractivity contribution >= 4 is 47.8 Å². The third-order valence-corrected chi connectivity index (χ3v) is 3.80. The largest absolute Gasteiger partial charge is 0.452 e. The molecule has 16 heavy (non-hydrogen) atoms. The lowest BCUT2D eigenvalue weighted by atomic mass is 10.1. The summed E-state index contributed by atoms with van der Waals surface area (Å²) in [5.41, 5.74) is 7.11. The number of rotatable bonds is 2. The molecule has 2 aromatic rings. The number of halogens is 3. The van der Waals surface area contributed by atoms with Gasteiger partial charge in [-0.1, -0.05) is 37.9 Å². The Hall–Kier alpha value is -0.100. The van der Waals surface area contributed by atoms with Crippen LogP contribution in [0.25, 0.3) is 0 Å². The number of hydrogen-bond donors (Lipinski definition) is 1. The molecular formula is C11H8Br3NO. The van der Waals surface area contributed by atoms with Gasteiger partial charge in [0.25, 0.3) is 0 Å². The van der Waals surface area contributed by atoms with Gasteiger partial charge in [-0.25, -0.2) is 0 Å². The third-order valence-electron chi connectivity index (χ3n) is 2.20. The van der Waals surface area contributed by atoms with Gasteiger partial charge < -0.3 is 10.2 Å². The fraction of sp³-hybridized carbons (Fsp3) is 0.0909. The number of nitrogens with two attached hydrogens (primary N) is 1. The van der Waals surface area contributed by atoms with Gasteiger partial charge in [0.1, 0.15) is 5.76 Å². The minimum absolute atomic E-state index is 0.270. The van der Waals surface area contributed by atoms with E-state index in [0.717, 1.165) is 20.3 Å². The predicted octanol–water partition coefficient (Wildman–Crippen LogP) is 4.62. The topological polar surface area (TPSA) is 39.2 Å². The van der Waals surface area contributed by atoms with Crippen LogP contribution in [-0.4, -0.2) is 0 Å². The molecular weight excluding hydrogens is 402 g/mol. The van der Waals surface area contributed by atoms with Crippen LogP contribution in [0.1, 0.15) is 17.4 Å². The van der Waals surface area contributed by atoms with Crippen LogP contribution in [0.5, 0.6) is 0 Å². The molecule has 2 N–H and O–H groups in total. The van der Waals surface area contributed by atoms with Crippen molar-refractivity contribution in [2.45, 2.75) is 6.04 Å². The average molecular weight is 410 g/mol. The molecule has 0 aliphatic carbocycles. The highest BCUT2D eigenvalue weighted by Crippen LogP contribution is 2.30. The average Bonchev–Trinajstić information content (AvgIpc) is 2.64. The molecule has 0 saturated carbocycles. The SMILES string of the molecule is NC(c1ccc(Br)o1)c1ccc(Br)cc1Br. The molecule has 1 atom stereocenters. The summed E-state index contributed by atoms with van der Waals surface area (Å²) in [4.78, 5) is 0. The lowest BCUT2D eigenvalue weighted by molar-refractivity contribution is 0.470. The van der Waals surface area contributed by atoms with Gasteiger partial charge in [-0.05, 0) is 45.8 Å². The van der Waals surface area contributed by atoms with E-state index in [0.29, 0.717) is 4.67 Å². The van der Waals surface area contributed by atoms with Gasteiger partial charge in [0.05, 0.1) is 6.04 Å². The van der Waals surface area contributed by atoms with E-state index in [1.54, 1.807) is 0 Å². The van der Waals surface area contributed by atoms with Crippen molar-refractivity contribution in [1.82, 2.24) is 0 Å². The van der Waals surface area contributed by atoms with Crippen LogP contribution in [0.15, 0.2) is 48.4 Å². The molecule has 1 heterocycles. The predicted molar refractivity (Wildman–Crippen MR) is 74.3 cm³/mol. The van der Waals surface area contributed by atoms with E-state index >= 15 is 0 Å². The smallest absolute Gasteiger partial charge is 0.169 e. The van der Waals surface area contributed by atoms with Crippen LogP contribution in [-0.2, 0) is 0 Å². The maximum absolute atomic E-state index is 6.12. The zero-order valence-electron chi connectivity index (χ0n) is 8.08. The van der Waals surface area contributed by atoms with Crippen LogP contribution in [0.4, 0.5) is 0 Å². The highest BCUT2D eigenvalue weighted by Gasteiger charge is 2.15. The monoisotopic (exact) mass is 407 g/mol. The summed E-state index contributed by atoms with van der Waals surface area (Å²) in [6.45, 7) is 0. The Morgan fingerprint density at radius 1 is 1.06 bits per heavy atom. The number of hydrogen-bond acceptors (Lipinski definition) is 2. The molecule has 0 bridgehead atoms. The quantitative estimate of drug-likeness (QED) is 0.786. The van der Waals surface area contributed by atoms with Crippen LogP contribution >= 0.6 is 47.8 Å². The van der Waals surface area contributed by atoms with Crippen molar-refractivity contribution < 1.29 is 4.42 Å². The van der Waals surface area contributed by atoms with E-state index in [1.165, 1.54) is 0 Å². The standard InChI is InChI=1S/C11H8Br3NO/c12-6-1-2-7(8(13)5-6)11(15)9-3-4-10(14)16-9/h1-5,11H,15H2. The Morgan fingerprint density at radius 2 is 1.81 bits per heavy atom. The van der Waals surface area contributed by atoms with Gasteiger partial charge in [-0.3, -0.25) is 0 Å². The van der Waals surface area contributed by atoms with Crippen molar-refractivity contribution in [3.63, 3.8) is 0 Å². The first kappa shape index (κ1) is 12.4. The third kappa shape index (κ3) is 2.59. The maximum Gasteiger partial charge on any atom is 0.169 e. The molecule has 2 nitrogen and oxygen atoms in total. The molecule has 0 aliphatic heterocycles. The van der Waals surface area contributed by atoms with Gasteiger partial charge in [-0.2, -0.15) is 0 Å². The van der Waals surface area contributed by atoms with Gasteiger partial charge in [0.2, 0.25) is 0 Å². The van der Waals surface area contributed by atoms with E-state index in [4.69, 9.17) is 10.2 Å². The van der Waals surface area contributed by atoms with E-state index in [1.807, 2.05) is 30.3 Å². The van der Waals surface area contributed by atoms with Crippen LogP contribution < -0.4 is 5.73 Å². The first-order valence-corrected chi connectivity index (χ1v) is 6.91. The zero-order chi connectivity index (χ0) is 11.7. The van der Waals surface area contributed by atoms with Crippen LogP contribution in [0, 0.1) is 0 Å². The van der Waals surface area contributed by atoms with Crippen molar-refractivity contribution in [2.75, 3.05) is 0 Å². The highest BCUT2D eigenvalue weighted by molar-refractivity contribution is 9.11. The second kappa shape index (κ2) is 5.04. The second-order valence-electron chi connectivity index (χ2n) is 3.29. The summed E-state index contributed by atoms with van der Waals surface area (Å²) >= 11 is 10.2. The van der Waals surface area contributed by atoms with Crippen molar-refractivity contribution in [3.05, 3.63) is 55.3 Å². The molecule has 0 fully saturated rings.